The Hall–Kier alpha value is -2.02. The number of hydrogen-bond acceptors (Lipinski definition) is 3. The fourth-order valence-electron chi connectivity index (χ4n) is 3.03. The monoisotopic (exact) mass is 337 g/mol. The molecule has 1 saturated carbocycles. The van der Waals surface area contributed by atoms with Gasteiger partial charge in [0.15, 0.2) is 0 Å². The van der Waals surface area contributed by atoms with Crippen molar-refractivity contribution in [3.8, 4) is 0 Å². The highest BCUT2D eigenvalue weighted by molar-refractivity contribution is 6.00. The van der Waals surface area contributed by atoms with Gasteiger partial charge >= 0.3 is 0 Å². The first kappa shape index (κ1) is 16.8. The lowest BCUT2D eigenvalue weighted by atomic mass is 10.1. The highest BCUT2D eigenvalue weighted by Crippen LogP contribution is 2.27. The number of carbonyl (C=O) groups is 2. The molecule has 1 N–H and O–H groups in total. The van der Waals surface area contributed by atoms with Crippen LogP contribution in [-0.4, -0.2) is 49.4 Å². The van der Waals surface area contributed by atoms with Crippen LogP contribution >= 0.6 is 0 Å². The minimum absolute atomic E-state index is 0.0580. The molecule has 1 atom stereocenters. The van der Waals surface area contributed by atoms with Crippen molar-refractivity contribution in [2.24, 2.45) is 5.92 Å². The summed E-state index contributed by atoms with van der Waals surface area (Å²) in [5.41, 5.74) is 0.154. The van der Waals surface area contributed by atoms with Crippen molar-refractivity contribution in [3.63, 3.8) is 0 Å². The highest BCUT2D eigenvalue weighted by Gasteiger charge is 2.35. The third-order valence-corrected chi connectivity index (χ3v) is 4.59. The molecule has 0 bridgehead atoms. The quantitative estimate of drug-likeness (QED) is 0.856. The molecular formula is C17H21F2N3O2. The zero-order valence-electron chi connectivity index (χ0n) is 13.6. The molecule has 24 heavy (non-hydrogen) atoms. The molecule has 1 aliphatic heterocycles. The number of amides is 2. The Bertz CT molecular complexity index is 628. The topological polar surface area (TPSA) is 52.7 Å². The molecule has 3 rings (SSSR count). The summed E-state index contributed by atoms with van der Waals surface area (Å²) in [6.45, 7) is 1.45. The number of benzene rings is 1. The number of anilines is 1. The molecule has 1 aromatic carbocycles. The van der Waals surface area contributed by atoms with Crippen molar-refractivity contribution in [1.29, 1.82) is 0 Å². The smallest absolute Gasteiger partial charge is 0.227 e. The van der Waals surface area contributed by atoms with E-state index in [4.69, 9.17) is 0 Å². The molecule has 1 saturated heterocycles. The van der Waals surface area contributed by atoms with Crippen LogP contribution in [0.25, 0.3) is 0 Å². The first-order valence-corrected chi connectivity index (χ1v) is 8.18. The molecule has 0 spiro atoms. The molecule has 0 aromatic heterocycles. The van der Waals surface area contributed by atoms with Crippen LogP contribution < -0.4 is 10.2 Å². The van der Waals surface area contributed by atoms with Gasteiger partial charge in [-0.05, 0) is 32.0 Å². The van der Waals surface area contributed by atoms with Crippen molar-refractivity contribution < 1.29 is 18.4 Å². The number of rotatable bonds is 6. The molecule has 2 fully saturated rings. The molecule has 1 heterocycles. The van der Waals surface area contributed by atoms with Crippen molar-refractivity contribution in [2.75, 3.05) is 31.6 Å². The van der Waals surface area contributed by atoms with Crippen LogP contribution in [0.15, 0.2) is 18.2 Å². The maximum absolute atomic E-state index is 13.3. The zero-order valence-corrected chi connectivity index (χ0v) is 13.6. The Morgan fingerprint density at radius 2 is 1.96 bits per heavy atom. The fraction of sp³-hybridized carbons (Fsp3) is 0.529. The largest absolute Gasteiger partial charge is 0.355 e. The summed E-state index contributed by atoms with van der Waals surface area (Å²) in [6, 6.07) is 3.59. The predicted octanol–water partition coefficient (Wildman–Crippen LogP) is 1.53. The summed E-state index contributed by atoms with van der Waals surface area (Å²) in [7, 11) is 2.03. The first-order valence-electron chi connectivity index (χ1n) is 8.18. The average Bonchev–Trinajstić information content (AvgIpc) is 3.28. The minimum Gasteiger partial charge on any atom is -0.355 e. The van der Waals surface area contributed by atoms with Crippen molar-refractivity contribution in [1.82, 2.24) is 10.2 Å². The third kappa shape index (κ3) is 3.90. The van der Waals surface area contributed by atoms with E-state index in [0.717, 1.165) is 24.7 Å². The van der Waals surface area contributed by atoms with Crippen LogP contribution in [0, 0.1) is 17.6 Å². The molecule has 2 aliphatic rings. The van der Waals surface area contributed by atoms with E-state index < -0.39 is 17.6 Å². The molecule has 1 aromatic rings. The van der Waals surface area contributed by atoms with Crippen LogP contribution in [0.1, 0.15) is 19.3 Å². The number of nitrogens with zero attached hydrogens (tertiary/aromatic N) is 2. The summed E-state index contributed by atoms with van der Waals surface area (Å²) < 4.78 is 26.6. The average molecular weight is 337 g/mol. The number of carbonyl (C=O) groups excluding carboxylic acids is 2. The number of halogens is 2. The normalized spacial score (nSPS) is 20.8. The molecule has 2 amide bonds. The van der Waals surface area contributed by atoms with Gasteiger partial charge in [-0.25, -0.2) is 8.78 Å². The Kier molecular flexibility index (Phi) is 4.80. The van der Waals surface area contributed by atoms with Crippen molar-refractivity contribution >= 4 is 17.5 Å². The van der Waals surface area contributed by atoms with Crippen molar-refractivity contribution in [2.45, 2.75) is 25.3 Å². The Morgan fingerprint density at radius 1 is 1.29 bits per heavy atom. The summed E-state index contributed by atoms with van der Waals surface area (Å²) >= 11 is 0. The van der Waals surface area contributed by atoms with Gasteiger partial charge in [-0.15, -0.1) is 0 Å². The molecule has 1 aliphatic carbocycles. The van der Waals surface area contributed by atoms with Crippen LogP contribution in [0.2, 0.25) is 0 Å². The molecule has 0 radical (unpaired) electrons. The van der Waals surface area contributed by atoms with E-state index in [1.807, 2.05) is 7.05 Å². The lowest BCUT2D eigenvalue weighted by Gasteiger charge is -2.18. The maximum atomic E-state index is 13.3. The van der Waals surface area contributed by atoms with Crippen LogP contribution in [0.4, 0.5) is 14.5 Å². The number of nitrogens with one attached hydrogen (secondary N) is 1. The second-order valence-electron chi connectivity index (χ2n) is 6.54. The predicted molar refractivity (Wildman–Crippen MR) is 85.5 cm³/mol. The van der Waals surface area contributed by atoms with Gasteiger partial charge in [-0.3, -0.25) is 9.59 Å². The standard InChI is InChI=1S/C17H21F2N3O2/c1-21(14-2-3-14)5-4-20-17(24)11-6-16(23)22(10-11)15-8-12(18)7-13(19)9-15/h7-9,11,14H,2-6,10H2,1H3,(H,20,24). The lowest BCUT2D eigenvalue weighted by molar-refractivity contribution is -0.126. The maximum Gasteiger partial charge on any atom is 0.227 e. The summed E-state index contributed by atoms with van der Waals surface area (Å²) in [4.78, 5) is 27.8. The van der Waals surface area contributed by atoms with Gasteiger partial charge in [-0.1, -0.05) is 0 Å². The molecule has 130 valence electrons. The summed E-state index contributed by atoms with van der Waals surface area (Å²) in [5.74, 6) is -2.46. The van der Waals surface area contributed by atoms with Crippen molar-refractivity contribution in [3.05, 3.63) is 29.8 Å². The van der Waals surface area contributed by atoms with E-state index in [9.17, 15) is 18.4 Å². The van der Waals surface area contributed by atoms with Crippen LogP contribution in [0.3, 0.4) is 0 Å². The second-order valence-corrected chi connectivity index (χ2v) is 6.54. The van der Waals surface area contributed by atoms with Gasteiger partial charge in [0.05, 0.1) is 5.92 Å². The van der Waals surface area contributed by atoms with E-state index in [2.05, 4.69) is 10.2 Å². The zero-order chi connectivity index (χ0) is 17.3. The van der Waals surface area contributed by atoms with Crippen LogP contribution in [0.5, 0.6) is 0 Å². The fourth-order valence-corrected chi connectivity index (χ4v) is 3.03. The van der Waals surface area contributed by atoms with E-state index in [0.29, 0.717) is 12.6 Å². The molecular weight excluding hydrogens is 316 g/mol. The number of hydrogen-bond donors (Lipinski definition) is 1. The van der Waals surface area contributed by atoms with Gasteiger partial charge in [0.2, 0.25) is 11.8 Å². The second kappa shape index (κ2) is 6.84. The third-order valence-electron chi connectivity index (χ3n) is 4.59. The SMILES string of the molecule is CN(CCNC(=O)C1CC(=O)N(c2cc(F)cc(F)c2)C1)C1CC1. The molecule has 5 nitrogen and oxygen atoms in total. The van der Waals surface area contributed by atoms with Gasteiger partial charge < -0.3 is 15.1 Å². The number of likely N-dealkylation sites (N-methyl/N-ethyl adjacent to an activating group) is 1. The summed E-state index contributed by atoms with van der Waals surface area (Å²) in [5, 5.41) is 2.85. The van der Waals surface area contributed by atoms with Crippen LogP contribution in [-0.2, 0) is 9.59 Å². The Labute approximate surface area is 139 Å². The Balaban J connectivity index is 1.54. The van der Waals surface area contributed by atoms with E-state index >= 15 is 0 Å². The van der Waals surface area contributed by atoms with E-state index in [1.54, 1.807) is 0 Å². The van der Waals surface area contributed by atoms with E-state index in [1.165, 1.54) is 17.7 Å². The first-order chi connectivity index (χ1) is 11.4. The van der Waals surface area contributed by atoms with Gasteiger partial charge in [0.1, 0.15) is 11.6 Å². The van der Waals surface area contributed by atoms with Gasteiger partial charge in [0.25, 0.3) is 0 Å². The summed E-state index contributed by atoms with van der Waals surface area (Å²) in [6.07, 6.45) is 2.48. The van der Waals surface area contributed by atoms with Gasteiger partial charge in [0, 0.05) is 43.9 Å². The minimum atomic E-state index is -0.742. The molecule has 1 unspecified atom stereocenters. The van der Waals surface area contributed by atoms with E-state index in [-0.39, 0.29) is 30.5 Å². The van der Waals surface area contributed by atoms with Gasteiger partial charge in [-0.2, -0.15) is 0 Å². The highest BCUT2D eigenvalue weighted by atomic mass is 19.1. The Morgan fingerprint density at radius 3 is 2.58 bits per heavy atom. The molecule has 7 heteroatoms. The lowest BCUT2D eigenvalue weighted by Crippen LogP contribution is -2.38.